The van der Waals surface area contributed by atoms with Crippen LogP contribution in [0, 0.1) is 0 Å². The molecule has 1 heterocycles. The summed E-state index contributed by atoms with van der Waals surface area (Å²) in [5, 5.41) is 10.7. The lowest BCUT2D eigenvalue weighted by atomic mass is 10.4. The molecule has 0 bridgehead atoms. The average molecular weight is 330 g/mol. The fourth-order valence-electron chi connectivity index (χ4n) is 1.17. The summed E-state index contributed by atoms with van der Waals surface area (Å²) in [6.45, 7) is 0. The van der Waals surface area contributed by atoms with E-state index >= 15 is 0 Å². The minimum atomic E-state index is -0.904. The summed E-state index contributed by atoms with van der Waals surface area (Å²) in [7, 11) is 0. The van der Waals surface area contributed by atoms with Crippen LogP contribution < -0.4 is 4.72 Å². The first-order valence-electron chi connectivity index (χ1n) is 4.66. The fraction of sp³-hybridized carbons (Fsp3) is 0. The Balaban J connectivity index is 2.05. The van der Waals surface area contributed by atoms with Gasteiger partial charge in [0.2, 0.25) is 0 Å². The minimum Gasteiger partial charge on any atom is -0.477 e. The number of nitrogens with one attached hydrogen (secondary N) is 1. The molecule has 0 radical (unpaired) electrons. The van der Waals surface area contributed by atoms with E-state index in [1.165, 1.54) is 23.3 Å². The van der Waals surface area contributed by atoms with Gasteiger partial charge in [-0.05, 0) is 47.7 Å². The molecule has 88 valence electrons. The van der Waals surface area contributed by atoms with Gasteiger partial charge < -0.3 is 9.83 Å². The number of anilines is 1. The van der Waals surface area contributed by atoms with Gasteiger partial charge in [0, 0.05) is 9.37 Å². The predicted molar refractivity (Wildman–Crippen MR) is 74.9 cm³/mol. The van der Waals surface area contributed by atoms with Crippen molar-refractivity contribution in [2.24, 2.45) is 0 Å². The van der Waals surface area contributed by atoms with E-state index in [-0.39, 0.29) is 0 Å². The Kier molecular flexibility index (Phi) is 4.09. The number of carboxylic acids is 1. The minimum absolute atomic E-state index is 0.328. The Morgan fingerprint density at radius 3 is 2.65 bits per heavy atom. The van der Waals surface area contributed by atoms with Crippen LogP contribution >= 0.6 is 39.2 Å². The van der Waals surface area contributed by atoms with Crippen molar-refractivity contribution in [3.05, 3.63) is 45.1 Å². The summed E-state index contributed by atoms with van der Waals surface area (Å²) in [5.41, 5.74) is 0.635. The molecular weight excluding hydrogens is 322 g/mol. The lowest BCUT2D eigenvalue weighted by Crippen LogP contribution is -1.96. The zero-order valence-electron chi connectivity index (χ0n) is 8.51. The predicted octanol–water partition coefficient (Wildman–Crippen LogP) is 4.33. The van der Waals surface area contributed by atoms with Crippen molar-refractivity contribution < 1.29 is 9.90 Å². The molecule has 0 amide bonds. The summed E-state index contributed by atoms with van der Waals surface area (Å²) in [4.78, 5) is 12.2. The molecule has 1 aromatic carbocycles. The van der Waals surface area contributed by atoms with Gasteiger partial charge in [-0.15, -0.1) is 11.3 Å². The Labute approximate surface area is 115 Å². The van der Waals surface area contributed by atoms with Crippen molar-refractivity contribution >= 4 is 50.9 Å². The van der Waals surface area contributed by atoms with Gasteiger partial charge in [-0.2, -0.15) is 0 Å². The second kappa shape index (κ2) is 5.57. The van der Waals surface area contributed by atoms with E-state index in [1.54, 1.807) is 11.4 Å². The number of aromatic carboxylic acids is 1. The van der Waals surface area contributed by atoms with Crippen molar-refractivity contribution in [3.8, 4) is 0 Å². The maximum Gasteiger partial charge on any atom is 0.348 e. The number of hydrogen-bond acceptors (Lipinski definition) is 4. The van der Waals surface area contributed by atoms with E-state index in [1.807, 2.05) is 24.3 Å². The molecule has 0 aliphatic rings. The van der Waals surface area contributed by atoms with Gasteiger partial charge >= 0.3 is 5.97 Å². The summed E-state index contributed by atoms with van der Waals surface area (Å²) < 4.78 is 4.06. The lowest BCUT2D eigenvalue weighted by molar-refractivity contribution is 0.0703. The molecule has 1 aromatic heterocycles. The Bertz CT molecular complexity index is 525. The molecule has 2 N–H and O–H groups in total. The van der Waals surface area contributed by atoms with Gasteiger partial charge in [0.25, 0.3) is 0 Å². The Morgan fingerprint density at radius 1 is 1.29 bits per heavy atom. The third-order valence-corrected chi connectivity index (χ3v) is 4.21. The number of halogens is 1. The number of thiophene rings is 1. The van der Waals surface area contributed by atoms with E-state index in [0.717, 1.165) is 9.37 Å². The maximum absolute atomic E-state index is 10.9. The summed E-state index contributed by atoms with van der Waals surface area (Å²) >= 11 is 5.96. The molecule has 0 atom stereocenters. The van der Waals surface area contributed by atoms with Crippen LogP contribution in [-0.2, 0) is 0 Å². The van der Waals surface area contributed by atoms with Crippen molar-refractivity contribution in [2.75, 3.05) is 4.72 Å². The van der Waals surface area contributed by atoms with Crippen LogP contribution in [-0.4, -0.2) is 11.1 Å². The summed E-state index contributed by atoms with van der Waals surface area (Å²) in [6, 6.07) is 9.55. The molecule has 0 spiro atoms. The van der Waals surface area contributed by atoms with Crippen molar-refractivity contribution in [1.29, 1.82) is 0 Å². The van der Waals surface area contributed by atoms with E-state index in [2.05, 4.69) is 20.7 Å². The van der Waals surface area contributed by atoms with Gasteiger partial charge in [-0.3, -0.25) is 0 Å². The Morgan fingerprint density at radius 2 is 2.00 bits per heavy atom. The molecule has 2 rings (SSSR count). The van der Waals surface area contributed by atoms with Gasteiger partial charge in [0.15, 0.2) is 0 Å². The first-order chi connectivity index (χ1) is 8.16. The van der Waals surface area contributed by atoms with Crippen LogP contribution in [0.4, 0.5) is 5.69 Å². The second-order valence-corrected chi connectivity index (χ2v) is 5.84. The molecule has 6 heteroatoms. The first kappa shape index (κ1) is 12.5. The fourth-order valence-corrected chi connectivity index (χ4v) is 2.86. The average Bonchev–Trinajstić information content (AvgIpc) is 2.76. The van der Waals surface area contributed by atoms with Gasteiger partial charge in [0.05, 0.1) is 5.69 Å². The highest BCUT2D eigenvalue weighted by Crippen LogP contribution is 2.28. The molecule has 17 heavy (non-hydrogen) atoms. The number of carboxylic acid groups (broad SMARTS) is 1. The number of hydrogen-bond donors (Lipinski definition) is 2. The largest absolute Gasteiger partial charge is 0.477 e. The molecule has 2 aromatic rings. The first-order valence-corrected chi connectivity index (χ1v) is 7.15. The second-order valence-electron chi connectivity index (χ2n) is 3.13. The monoisotopic (exact) mass is 329 g/mol. The normalized spacial score (nSPS) is 10.2. The highest BCUT2D eigenvalue weighted by molar-refractivity contribution is 9.10. The standard InChI is InChI=1S/C11H8BrNO2S2/c12-7-1-3-8(4-2-7)17-13-9-5-6-16-10(9)11(14)15/h1-6,13H,(H,14,15). The van der Waals surface area contributed by atoms with Crippen LogP contribution in [0.3, 0.4) is 0 Å². The van der Waals surface area contributed by atoms with Crippen molar-refractivity contribution in [3.63, 3.8) is 0 Å². The molecule has 0 saturated carbocycles. The topological polar surface area (TPSA) is 49.3 Å². The van der Waals surface area contributed by atoms with Gasteiger partial charge in [0.1, 0.15) is 4.88 Å². The van der Waals surface area contributed by atoms with E-state index in [9.17, 15) is 4.79 Å². The van der Waals surface area contributed by atoms with Crippen LogP contribution in [0.1, 0.15) is 9.67 Å². The third-order valence-electron chi connectivity index (χ3n) is 1.95. The SMILES string of the molecule is O=C(O)c1sccc1NSc1ccc(Br)cc1. The summed E-state index contributed by atoms with van der Waals surface area (Å²) in [6.07, 6.45) is 0. The van der Waals surface area contributed by atoms with Crippen LogP contribution in [0.15, 0.2) is 45.1 Å². The zero-order chi connectivity index (χ0) is 12.3. The molecule has 3 nitrogen and oxygen atoms in total. The van der Waals surface area contributed by atoms with E-state index in [4.69, 9.17) is 5.11 Å². The van der Waals surface area contributed by atoms with Crippen molar-refractivity contribution in [2.45, 2.75) is 4.90 Å². The van der Waals surface area contributed by atoms with Gasteiger partial charge in [-0.1, -0.05) is 15.9 Å². The molecular formula is C11H8BrNO2S2. The van der Waals surface area contributed by atoms with Crippen molar-refractivity contribution in [1.82, 2.24) is 0 Å². The molecule has 0 aliphatic heterocycles. The maximum atomic E-state index is 10.9. The molecule has 0 aliphatic carbocycles. The number of rotatable bonds is 4. The third kappa shape index (κ3) is 3.24. The van der Waals surface area contributed by atoms with Crippen LogP contribution in [0.5, 0.6) is 0 Å². The quantitative estimate of drug-likeness (QED) is 0.820. The van der Waals surface area contributed by atoms with Crippen LogP contribution in [0.25, 0.3) is 0 Å². The highest BCUT2D eigenvalue weighted by Gasteiger charge is 2.11. The molecule has 0 fully saturated rings. The number of carbonyl (C=O) groups is 1. The number of benzene rings is 1. The molecule has 0 unspecified atom stereocenters. The Hall–Kier alpha value is -0.980. The lowest BCUT2D eigenvalue weighted by Gasteiger charge is -2.04. The smallest absolute Gasteiger partial charge is 0.348 e. The zero-order valence-corrected chi connectivity index (χ0v) is 11.7. The van der Waals surface area contributed by atoms with E-state index < -0.39 is 5.97 Å². The highest BCUT2D eigenvalue weighted by atomic mass is 79.9. The summed E-state index contributed by atoms with van der Waals surface area (Å²) in [5.74, 6) is -0.904. The van der Waals surface area contributed by atoms with Gasteiger partial charge in [-0.25, -0.2) is 4.79 Å². The molecule has 0 saturated heterocycles. The van der Waals surface area contributed by atoms with E-state index in [0.29, 0.717) is 10.6 Å². The van der Waals surface area contributed by atoms with Crippen LogP contribution in [0.2, 0.25) is 0 Å².